The Hall–Kier alpha value is -2.72. The molecule has 1 heterocycles. The Balaban J connectivity index is 2.08. The summed E-state index contributed by atoms with van der Waals surface area (Å²) >= 11 is 0. The molecule has 1 aromatic heterocycles. The molecule has 0 saturated carbocycles. The number of aromatic carboxylic acids is 1. The van der Waals surface area contributed by atoms with Gasteiger partial charge in [0.2, 0.25) is 0 Å². The fourth-order valence-corrected chi connectivity index (χ4v) is 2.55. The van der Waals surface area contributed by atoms with Gasteiger partial charge in [0.15, 0.2) is 0 Å². The normalized spacial score (nSPS) is 12.3. The highest BCUT2D eigenvalue weighted by Crippen LogP contribution is 2.29. The number of carbonyl (C=O) groups is 1. The van der Waals surface area contributed by atoms with Crippen LogP contribution >= 0.6 is 0 Å². The van der Waals surface area contributed by atoms with Crippen LogP contribution in [0.2, 0.25) is 0 Å². The van der Waals surface area contributed by atoms with E-state index in [1.807, 2.05) is 37.3 Å². The SMILES string of the molecule is Cc1cc(C(O)c2ccc(C(=O)O)cc2)c2ccccc2n1. The number of carboxylic acids is 1. The number of aryl methyl sites for hydroxylation is 1. The fourth-order valence-electron chi connectivity index (χ4n) is 2.55. The maximum absolute atomic E-state index is 10.9. The third-order valence-corrected chi connectivity index (χ3v) is 3.64. The van der Waals surface area contributed by atoms with Gasteiger partial charge in [-0.2, -0.15) is 0 Å². The molecule has 0 bridgehead atoms. The van der Waals surface area contributed by atoms with E-state index in [0.717, 1.165) is 22.2 Å². The molecule has 0 saturated heterocycles. The van der Waals surface area contributed by atoms with Crippen molar-refractivity contribution in [2.24, 2.45) is 0 Å². The summed E-state index contributed by atoms with van der Waals surface area (Å²) in [5.74, 6) is -0.980. The number of aromatic nitrogens is 1. The number of nitrogens with zero attached hydrogens (tertiary/aromatic N) is 1. The Labute approximate surface area is 127 Å². The fraction of sp³-hybridized carbons (Fsp3) is 0.111. The summed E-state index contributed by atoms with van der Waals surface area (Å²) in [6.07, 6.45) is -0.825. The van der Waals surface area contributed by atoms with Crippen molar-refractivity contribution in [3.63, 3.8) is 0 Å². The first kappa shape index (κ1) is 14.2. The summed E-state index contributed by atoms with van der Waals surface area (Å²) in [6.45, 7) is 1.89. The van der Waals surface area contributed by atoms with E-state index in [1.54, 1.807) is 12.1 Å². The number of carboxylic acid groups (broad SMARTS) is 1. The second kappa shape index (κ2) is 5.58. The van der Waals surface area contributed by atoms with Crippen LogP contribution in [0.25, 0.3) is 10.9 Å². The lowest BCUT2D eigenvalue weighted by Crippen LogP contribution is -2.03. The Morgan fingerprint density at radius 2 is 1.77 bits per heavy atom. The van der Waals surface area contributed by atoms with Crippen molar-refractivity contribution in [3.05, 3.63) is 77.0 Å². The third kappa shape index (κ3) is 2.56. The van der Waals surface area contributed by atoms with Gasteiger partial charge >= 0.3 is 5.97 Å². The first-order chi connectivity index (χ1) is 10.6. The van der Waals surface area contributed by atoms with Crippen LogP contribution in [-0.4, -0.2) is 21.2 Å². The highest BCUT2D eigenvalue weighted by molar-refractivity contribution is 5.87. The predicted molar refractivity (Wildman–Crippen MR) is 83.9 cm³/mol. The third-order valence-electron chi connectivity index (χ3n) is 3.64. The molecule has 0 amide bonds. The number of pyridine rings is 1. The van der Waals surface area contributed by atoms with Crippen LogP contribution in [0, 0.1) is 6.92 Å². The molecule has 4 nitrogen and oxygen atoms in total. The average Bonchev–Trinajstić information content (AvgIpc) is 2.53. The van der Waals surface area contributed by atoms with Gasteiger partial charge in [-0.15, -0.1) is 0 Å². The van der Waals surface area contributed by atoms with Crippen LogP contribution in [0.3, 0.4) is 0 Å². The quantitative estimate of drug-likeness (QED) is 0.777. The molecule has 2 N–H and O–H groups in total. The van der Waals surface area contributed by atoms with Gasteiger partial charge < -0.3 is 10.2 Å². The van der Waals surface area contributed by atoms with Crippen molar-refractivity contribution in [3.8, 4) is 0 Å². The zero-order valence-electron chi connectivity index (χ0n) is 12.0. The first-order valence-electron chi connectivity index (χ1n) is 6.94. The maximum atomic E-state index is 10.9. The van der Waals surface area contributed by atoms with Crippen molar-refractivity contribution in [1.82, 2.24) is 4.98 Å². The zero-order chi connectivity index (χ0) is 15.7. The van der Waals surface area contributed by atoms with Crippen LogP contribution in [0.4, 0.5) is 0 Å². The molecular weight excluding hydrogens is 278 g/mol. The summed E-state index contributed by atoms with van der Waals surface area (Å²) < 4.78 is 0. The van der Waals surface area contributed by atoms with Gasteiger partial charge in [-0.1, -0.05) is 30.3 Å². The van der Waals surface area contributed by atoms with Gasteiger partial charge in [-0.05, 0) is 42.3 Å². The van der Waals surface area contributed by atoms with Gasteiger partial charge in [0, 0.05) is 11.1 Å². The molecule has 0 spiro atoms. The molecule has 0 aliphatic carbocycles. The van der Waals surface area contributed by atoms with Crippen molar-refractivity contribution < 1.29 is 15.0 Å². The number of hydrogen-bond donors (Lipinski definition) is 2. The molecule has 110 valence electrons. The van der Waals surface area contributed by atoms with E-state index in [9.17, 15) is 9.90 Å². The van der Waals surface area contributed by atoms with Crippen molar-refractivity contribution in [1.29, 1.82) is 0 Å². The number of aliphatic hydroxyl groups excluding tert-OH is 1. The molecule has 1 atom stereocenters. The van der Waals surface area contributed by atoms with Gasteiger partial charge in [0.1, 0.15) is 6.10 Å². The lowest BCUT2D eigenvalue weighted by atomic mass is 9.96. The van der Waals surface area contributed by atoms with E-state index in [-0.39, 0.29) is 5.56 Å². The lowest BCUT2D eigenvalue weighted by molar-refractivity contribution is 0.0696. The molecule has 22 heavy (non-hydrogen) atoms. The Bertz CT molecular complexity index is 841. The van der Waals surface area contributed by atoms with Crippen LogP contribution in [-0.2, 0) is 0 Å². The largest absolute Gasteiger partial charge is 0.478 e. The van der Waals surface area contributed by atoms with Crippen molar-refractivity contribution in [2.75, 3.05) is 0 Å². The number of aliphatic hydroxyl groups is 1. The Morgan fingerprint density at radius 3 is 2.45 bits per heavy atom. The molecule has 0 aliphatic rings. The smallest absolute Gasteiger partial charge is 0.335 e. The van der Waals surface area contributed by atoms with Crippen LogP contribution in [0.1, 0.15) is 33.3 Å². The molecule has 1 unspecified atom stereocenters. The van der Waals surface area contributed by atoms with Gasteiger partial charge in [-0.3, -0.25) is 4.98 Å². The molecular formula is C18H15NO3. The van der Waals surface area contributed by atoms with E-state index in [4.69, 9.17) is 5.11 Å². The minimum Gasteiger partial charge on any atom is -0.478 e. The summed E-state index contributed by atoms with van der Waals surface area (Å²) in [6, 6.07) is 15.8. The van der Waals surface area contributed by atoms with E-state index in [2.05, 4.69) is 4.98 Å². The first-order valence-corrected chi connectivity index (χ1v) is 6.94. The van der Waals surface area contributed by atoms with Crippen LogP contribution < -0.4 is 0 Å². The Morgan fingerprint density at radius 1 is 1.09 bits per heavy atom. The van der Waals surface area contributed by atoms with E-state index >= 15 is 0 Å². The molecule has 2 aromatic carbocycles. The summed E-state index contributed by atoms with van der Waals surface area (Å²) in [5.41, 5.74) is 3.28. The monoisotopic (exact) mass is 293 g/mol. The van der Waals surface area contributed by atoms with Crippen molar-refractivity contribution in [2.45, 2.75) is 13.0 Å². The Kier molecular flexibility index (Phi) is 3.61. The van der Waals surface area contributed by atoms with E-state index in [0.29, 0.717) is 5.56 Å². The second-order valence-electron chi connectivity index (χ2n) is 5.20. The standard InChI is InChI=1S/C18H15NO3/c1-11-10-15(14-4-2-3-5-16(14)19-11)17(20)12-6-8-13(9-7-12)18(21)22/h2-10,17,20H,1H3,(H,21,22). The summed E-state index contributed by atoms with van der Waals surface area (Å²) in [5, 5.41) is 20.5. The molecule has 0 fully saturated rings. The van der Waals surface area contributed by atoms with E-state index < -0.39 is 12.1 Å². The van der Waals surface area contributed by atoms with Crippen molar-refractivity contribution >= 4 is 16.9 Å². The van der Waals surface area contributed by atoms with Crippen LogP contribution in [0.15, 0.2) is 54.6 Å². The van der Waals surface area contributed by atoms with E-state index in [1.165, 1.54) is 12.1 Å². The number of rotatable bonds is 3. The number of benzene rings is 2. The molecule has 0 aliphatic heterocycles. The lowest BCUT2D eigenvalue weighted by Gasteiger charge is -2.15. The highest BCUT2D eigenvalue weighted by atomic mass is 16.4. The number of hydrogen-bond acceptors (Lipinski definition) is 3. The molecule has 4 heteroatoms. The topological polar surface area (TPSA) is 70.4 Å². The maximum Gasteiger partial charge on any atom is 0.335 e. The summed E-state index contributed by atoms with van der Waals surface area (Å²) in [7, 11) is 0. The predicted octanol–water partition coefficient (Wildman–Crippen LogP) is 3.32. The zero-order valence-corrected chi connectivity index (χ0v) is 12.0. The van der Waals surface area contributed by atoms with Gasteiger partial charge in [0.05, 0.1) is 11.1 Å². The number of para-hydroxylation sites is 1. The average molecular weight is 293 g/mol. The van der Waals surface area contributed by atoms with Gasteiger partial charge in [-0.25, -0.2) is 4.79 Å². The molecule has 0 radical (unpaired) electrons. The highest BCUT2D eigenvalue weighted by Gasteiger charge is 2.15. The second-order valence-corrected chi connectivity index (χ2v) is 5.20. The summed E-state index contributed by atoms with van der Waals surface area (Å²) in [4.78, 5) is 15.4. The molecule has 3 aromatic rings. The molecule has 3 rings (SSSR count). The van der Waals surface area contributed by atoms with Gasteiger partial charge in [0.25, 0.3) is 0 Å². The minimum atomic E-state index is -0.980. The number of fused-ring (bicyclic) bond motifs is 1. The van der Waals surface area contributed by atoms with Crippen LogP contribution in [0.5, 0.6) is 0 Å². The minimum absolute atomic E-state index is 0.201.